The topological polar surface area (TPSA) is 49.3 Å². The summed E-state index contributed by atoms with van der Waals surface area (Å²) in [5.74, 6) is 1.44. The highest BCUT2D eigenvalue weighted by molar-refractivity contribution is 7.13. The zero-order valence-electron chi connectivity index (χ0n) is 15.7. The van der Waals surface area contributed by atoms with Gasteiger partial charge in [0.15, 0.2) is 5.82 Å². The molecule has 140 valence electrons. The van der Waals surface area contributed by atoms with E-state index >= 15 is 0 Å². The summed E-state index contributed by atoms with van der Waals surface area (Å²) in [4.78, 5) is 18.2. The van der Waals surface area contributed by atoms with Crippen LogP contribution < -0.4 is 4.90 Å². The first-order valence-electron chi connectivity index (χ1n) is 9.64. The Labute approximate surface area is 160 Å². The Kier molecular flexibility index (Phi) is 6.61. The molecule has 1 aliphatic heterocycles. The highest BCUT2D eigenvalue weighted by atomic mass is 32.1. The van der Waals surface area contributed by atoms with Crippen molar-refractivity contribution in [2.24, 2.45) is 5.92 Å². The van der Waals surface area contributed by atoms with Crippen LogP contribution in [0, 0.1) is 5.92 Å². The van der Waals surface area contributed by atoms with Gasteiger partial charge in [-0.2, -0.15) is 0 Å². The molecule has 6 heteroatoms. The normalized spacial score (nSPS) is 14.9. The molecule has 0 aliphatic carbocycles. The Bertz CT molecular complexity index is 672. The molecule has 0 N–H and O–H groups in total. The predicted octanol–water partition coefficient (Wildman–Crippen LogP) is 4.07. The molecule has 0 unspecified atom stereocenters. The summed E-state index contributed by atoms with van der Waals surface area (Å²) in [6.45, 7) is 7.51. The number of hydrogen-bond acceptors (Lipinski definition) is 5. The fraction of sp³-hybridized carbons (Fsp3) is 0.550. The van der Waals surface area contributed by atoms with E-state index in [9.17, 15) is 4.79 Å². The SMILES string of the molecule is CCCC(CCC)C(=O)N1CCN(c2ccc(-c3cccs3)nn2)CC1. The van der Waals surface area contributed by atoms with E-state index in [0.29, 0.717) is 5.91 Å². The van der Waals surface area contributed by atoms with Crippen LogP contribution in [0.3, 0.4) is 0 Å². The number of anilines is 1. The monoisotopic (exact) mass is 372 g/mol. The maximum Gasteiger partial charge on any atom is 0.225 e. The van der Waals surface area contributed by atoms with Crippen LogP contribution in [0.25, 0.3) is 10.6 Å². The number of amides is 1. The fourth-order valence-electron chi connectivity index (χ4n) is 3.55. The van der Waals surface area contributed by atoms with Gasteiger partial charge >= 0.3 is 0 Å². The Morgan fingerprint density at radius 2 is 1.81 bits per heavy atom. The molecule has 1 fully saturated rings. The summed E-state index contributed by atoms with van der Waals surface area (Å²) >= 11 is 1.67. The van der Waals surface area contributed by atoms with Crippen molar-refractivity contribution in [2.45, 2.75) is 39.5 Å². The number of rotatable bonds is 7. The van der Waals surface area contributed by atoms with E-state index < -0.39 is 0 Å². The van der Waals surface area contributed by atoms with Crippen molar-refractivity contribution in [3.05, 3.63) is 29.6 Å². The average Bonchev–Trinajstić information content (AvgIpc) is 3.22. The number of thiophene rings is 1. The first-order chi connectivity index (χ1) is 12.7. The van der Waals surface area contributed by atoms with Gasteiger partial charge < -0.3 is 9.80 Å². The molecule has 2 aromatic heterocycles. The number of carbonyl (C=O) groups excluding carboxylic acids is 1. The number of piperazine rings is 1. The minimum absolute atomic E-state index is 0.196. The molecule has 5 nitrogen and oxygen atoms in total. The second kappa shape index (κ2) is 9.12. The molecule has 0 spiro atoms. The van der Waals surface area contributed by atoms with Crippen LogP contribution in [0.15, 0.2) is 29.6 Å². The molecule has 0 radical (unpaired) electrons. The Balaban J connectivity index is 1.57. The van der Waals surface area contributed by atoms with Crippen molar-refractivity contribution in [2.75, 3.05) is 31.1 Å². The van der Waals surface area contributed by atoms with E-state index in [4.69, 9.17) is 0 Å². The smallest absolute Gasteiger partial charge is 0.225 e. The quantitative estimate of drug-likeness (QED) is 0.735. The average molecular weight is 373 g/mol. The summed E-state index contributed by atoms with van der Waals surface area (Å²) in [5.41, 5.74) is 0.916. The minimum atomic E-state index is 0.196. The maximum atomic E-state index is 12.8. The number of nitrogens with zero attached hydrogens (tertiary/aromatic N) is 4. The van der Waals surface area contributed by atoms with Gasteiger partial charge in [-0.05, 0) is 36.4 Å². The molecule has 2 aromatic rings. The third-order valence-corrected chi connectivity index (χ3v) is 5.86. The zero-order chi connectivity index (χ0) is 18.4. The van der Waals surface area contributed by atoms with Gasteiger partial charge in [0.25, 0.3) is 0 Å². The van der Waals surface area contributed by atoms with Crippen molar-refractivity contribution in [3.63, 3.8) is 0 Å². The second-order valence-corrected chi connectivity index (χ2v) is 7.79. The van der Waals surface area contributed by atoms with E-state index in [2.05, 4.69) is 35.0 Å². The molecule has 0 saturated carbocycles. The van der Waals surface area contributed by atoms with Crippen LogP contribution in [-0.2, 0) is 4.79 Å². The van der Waals surface area contributed by atoms with Gasteiger partial charge in [-0.25, -0.2) is 0 Å². The van der Waals surface area contributed by atoms with Gasteiger partial charge in [0.2, 0.25) is 5.91 Å². The Morgan fingerprint density at radius 3 is 2.35 bits per heavy atom. The van der Waals surface area contributed by atoms with Crippen LogP contribution in [0.1, 0.15) is 39.5 Å². The van der Waals surface area contributed by atoms with E-state index in [-0.39, 0.29) is 5.92 Å². The van der Waals surface area contributed by atoms with Gasteiger partial charge in [-0.15, -0.1) is 21.5 Å². The van der Waals surface area contributed by atoms with Crippen LogP contribution in [0.2, 0.25) is 0 Å². The Morgan fingerprint density at radius 1 is 1.08 bits per heavy atom. The molecule has 1 saturated heterocycles. The minimum Gasteiger partial charge on any atom is -0.352 e. The lowest BCUT2D eigenvalue weighted by Gasteiger charge is -2.36. The lowest BCUT2D eigenvalue weighted by Crippen LogP contribution is -2.50. The van der Waals surface area contributed by atoms with Gasteiger partial charge in [0.1, 0.15) is 5.69 Å². The van der Waals surface area contributed by atoms with E-state index in [1.165, 1.54) is 0 Å². The second-order valence-electron chi connectivity index (χ2n) is 6.84. The zero-order valence-corrected chi connectivity index (χ0v) is 16.5. The molecule has 0 bridgehead atoms. The van der Waals surface area contributed by atoms with Crippen LogP contribution >= 0.6 is 11.3 Å². The first-order valence-corrected chi connectivity index (χ1v) is 10.5. The fourth-order valence-corrected chi connectivity index (χ4v) is 4.24. The third-order valence-electron chi connectivity index (χ3n) is 4.96. The molecule has 1 aliphatic rings. The van der Waals surface area contributed by atoms with Crippen LogP contribution in [0.5, 0.6) is 0 Å². The highest BCUT2D eigenvalue weighted by Gasteiger charge is 2.27. The molecule has 0 atom stereocenters. The van der Waals surface area contributed by atoms with Crippen LogP contribution in [0.4, 0.5) is 5.82 Å². The maximum absolute atomic E-state index is 12.8. The summed E-state index contributed by atoms with van der Waals surface area (Å²) in [7, 11) is 0. The molecule has 1 amide bonds. The molecule has 0 aromatic carbocycles. The number of aromatic nitrogens is 2. The molecule has 3 heterocycles. The summed E-state index contributed by atoms with van der Waals surface area (Å²) in [6.07, 6.45) is 4.15. The third kappa shape index (κ3) is 4.41. The lowest BCUT2D eigenvalue weighted by atomic mass is 9.96. The van der Waals surface area contributed by atoms with Crippen molar-refractivity contribution in [1.82, 2.24) is 15.1 Å². The van der Waals surface area contributed by atoms with Crippen molar-refractivity contribution < 1.29 is 4.79 Å². The Hall–Kier alpha value is -1.95. The van der Waals surface area contributed by atoms with Crippen molar-refractivity contribution in [1.29, 1.82) is 0 Å². The van der Waals surface area contributed by atoms with Gasteiger partial charge in [-0.3, -0.25) is 4.79 Å². The summed E-state index contributed by atoms with van der Waals surface area (Å²) in [6, 6.07) is 8.15. The van der Waals surface area contributed by atoms with Gasteiger partial charge in [0, 0.05) is 32.1 Å². The molecule has 26 heavy (non-hydrogen) atoms. The van der Waals surface area contributed by atoms with Gasteiger partial charge in [-0.1, -0.05) is 32.8 Å². The molecular weight excluding hydrogens is 344 g/mol. The summed E-state index contributed by atoms with van der Waals surface area (Å²) in [5, 5.41) is 10.8. The highest BCUT2D eigenvalue weighted by Crippen LogP contribution is 2.24. The first kappa shape index (κ1) is 18.8. The largest absolute Gasteiger partial charge is 0.352 e. The number of hydrogen-bond donors (Lipinski definition) is 0. The van der Waals surface area contributed by atoms with E-state index in [1.54, 1.807) is 11.3 Å². The van der Waals surface area contributed by atoms with Crippen molar-refractivity contribution >= 4 is 23.1 Å². The van der Waals surface area contributed by atoms with Crippen molar-refractivity contribution in [3.8, 4) is 10.6 Å². The summed E-state index contributed by atoms with van der Waals surface area (Å²) < 4.78 is 0. The number of carbonyl (C=O) groups is 1. The standard InChI is InChI=1S/C20H28N4OS/c1-3-6-16(7-4-2)20(25)24-13-11-23(12-14-24)19-10-9-17(21-22-19)18-8-5-15-26-18/h5,8-10,15-16H,3-4,6-7,11-14H2,1-2H3. The predicted molar refractivity (Wildman–Crippen MR) is 107 cm³/mol. The van der Waals surface area contributed by atoms with Gasteiger partial charge in [0.05, 0.1) is 4.88 Å². The molecular formula is C20H28N4OS. The van der Waals surface area contributed by atoms with E-state index in [1.807, 2.05) is 28.5 Å². The van der Waals surface area contributed by atoms with E-state index in [0.717, 1.165) is 68.3 Å². The van der Waals surface area contributed by atoms with Crippen LogP contribution in [-0.4, -0.2) is 47.2 Å². The lowest BCUT2D eigenvalue weighted by molar-refractivity contribution is -0.136. The molecule has 3 rings (SSSR count).